The highest BCUT2D eigenvalue weighted by atomic mass is 16.3. The number of Topliss-reactive ketones (excluding diaryl/α,β-unsaturated/α-hetero) is 1. The highest BCUT2D eigenvalue weighted by Crippen LogP contribution is 2.40. The Morgan fingerprint density at radius 2 is 1.90 bits per heavy atom. The van der Waals surface area contributed by atoms with Crippen molar-refractivity contribution in [1.82, 2.24) is 0 Å². The molecule has 4 heteroatoms. The average molecular weight is 290 g/mol. The van der Waals surface area contributed by atoms with E-state index in [4.69, 9.17) is 5.73 Å². The summed E-state index contributed by atoms with van der Waals surface area (Å²) in [4.78, 5) is 11.4. The van der Waals surface area contributed by atoms with Gasteiger partial charge in [-0.1, -0.05) is 13.8 Å². The Hall–Kier alpha value is -1.55. The van der Waals surface area contributed by atoms with Gasteiger partial charge in [-0.15, -0.1) is 0 Å². The van der Waals surface area contributed by atoms with Gasteiger partial charge >= 0.3 is 0 Å². The Bertz CT molecular complexity index is 528. The smallest absolute Gasteiger partial charge is 0.161 e. The van der Waals surface area contributed by atoms with Crippen molar-refractivity contribution in [2.24, 2.45) is 5.41 Å². The zero-order valence-corrected chi connectivity index (χ0v) is 13.2. The largest absolute Gasteiger partial charge is 0.398 e. The van der Waals surface area contributed by atoms with E-state index >= 15 is 0 Å². The van der Waals surface area contributed by atoms with Crippen molar-refractivity contribution in [3.05, 3.63) is 23.8 Å². The zero-order chi connectivity index (χ0) is 15.7. The molecule has 0 amide bonds. The third kappa shape index (κ3) is 3.97. The molecule has 4 N–H and O–H groups in total. The van der Waals surface area contributed by atoms with Crippen molar-refractivity contribution in [3.63, 3.8) is 0 Å². The first kappa shape index (κ1) is 15.8. The first-order chi connectivity index (χ1) is 9.71. The quantitative estimate of drug-likeness (QED) is 0.588. The lowest BCUT2D eigenvalue weighted by Gasteiger charge is -2.40. The van der Waals surface area contributed by atoms with Crippen LogP contribution in [0.1, 0.15) is 56.8 Å². The summed E-state index contributed by atoms with van der Waals surface area (Å²) in [6.45, 7) is 6.52. The molecule has 0 atom stereocenters. The third-order valence-electron chi connectivity index (χ3n) is 4.59. The van der Waals surface area contributed by atoms with Crippen LogP contribution in [-0.2, 0) is 0 Å². The lowest BCUT2D eigenvalue weighted by Crippen LogP contribution is -2.42. The van der Waals surface area contributed by atoms with Crippen LogP contribution in [0.3, 0.4) is 0 Å². The minimum absolute atomic E-state index is 0.0350. The first-order valence-corrected chi connectivity index (χ1v) is 7.58. The standard InChI is InChI=1S/C17H26N2O2/c1-12(20)14-5-4-13(10-15(14)18)19-11-17(21)8-6-16(2,3)7-9-17/h4-5,10,19,21H,6-9,11,18H2,1-3H3. The van der Waals surface area contributed by atoms with E-state index in [9.17, 15) is 9.90 Å². The minimum Gasteiger partial charge on any atom is -0.398 e. The third-order valence-corrected chi connectivity index (χ3v) is 4.59. The summed E-state index contributed by atoms with van der Waals surface area (Å²) >= 11 is 0. The molecule has 1 aliphatic carbocycles. The number of carbonyl (C=O) groups is 1. The lowest BCUT2D eigenvalue weighted by molar-refractivity contribution is -0.0145. The van der Waals surface area contributed by atoms with Gasteiger partial charge in [-0.05, 0) is 56.2 Å². The molecule has 0 saturated heterocycles. The second-order valence-corrected chi connectivity index (χ2v) is 7.10. The maximum Gasteiger partial charge on any atom is 0.161 e. The van der Waals surface area contributed by atoms with Gasteiger partial charge in [-0.2, -0.15) is 0 Å². The molecule has 1 aromatic rings. The predicted octanol–water partition coefficient (Wildman–Crippen LogP) is 3.21. The maximum atomic E-state index is 11.4. The van der Waals surface area contributed by atoms with Crippen LogP contribution in [0.2, 0.25) is 0 Å². The molecule has 0 radical (unpaired) electrons. The highest BCUT2D eigenvalue weighted by Gasteiger charge is 2.36. The summed E-state index contributed by atoms with van der Waals surface area (Å²) in [5.74, 6) is -0.0350. The van der Waals surface area contributed by atoms with Gasteiger partial charge in [0.05, 0.1) is 5.60 Å². The number of benzene rings is 1. The van der Waals surface area contributed by atoms with E-state index in [1.54, 1.807) is 12.1 Å². The molecule has 116 valence electrons. The fraction of sp³-hybridized carbons (Fsp3) is 0.588. The molecule has 21 heavy (non-hydrogen) atoms. The van der Waals surface area contributed by atoms with E-state index in [-0.39, 0.29) is 5.78 Å². The number of nitrogens with two attached hydrogens (primary N) is 1. The zero-order valence-electron chi connectivity index (χ0n) is 13.2. The van der Waals surface area contributed by atoms with Gasteiger partial charge in [0, 0.05) is 23.5 Å². The number of rotatable bonds is 4. The summed E-state index contributed by atoms with van der Waals surface area (Å²) in [5.41, 5.74) is 7.42. The number of carbonyl (C=O) groups excluding carboxylic acids is 1. The van der Waals surface area contributed by atoms with E-state index in [1.165, 1.54) is 6.92 Å². The van der Waals surface area contributed by atoms with Crippen LogP contribution in [0.15, 0.2) is 18.2 Å². The molecular weight excluding hydrogens is 264 g/mol. The number of nitrogens with one attached hydrogen (secondary N) is 1. The Kier molecular flexibility index (Phi) is 4.28. The average Bonchev–Trinajstić information content (AvgIpc) is 2.40. The fourth-order valence-electron chi connectivity index (χ4n) is 2.83. The predicted molar refractivity (Wildman–Crippen MR) is 86.5 cm³/mol. The number of hydrogen-bond acceptors (Lipinski definition) is 4. The molecule has 0 spiro atoms. The Morgan fingerprint density at radius 3 is 2.43 bits per heavy atom. The number of ketones is 1. The topological polar surface area (TPSA) is 75.3 Å². The van der Waals surface area contributed by atoms with Crippen LogP contribution in [0.5, 0.6) is 0 Å². The highest BCUT2D eigenvalue weighted by molar-refractivity contribution is 5.99. The molecule has 4 nitrogen and oxygen atoms in total. The van der Waals surface area contributed by atoms with Gasteiger partial charge in [-0.3, -0.25) is 4.79 Å². The Balaban J connectivity index is 1.97. The van der Waals surface area contributed by atoms with Crippen LogP contribution < -0.4 is 11.1 Å². The molecule has 1 saturated carbocycles. The normalized spacial score (nSPS) is 20.0. The van der Waals surface area contributed by atoms with E-state index < -0.39 is 5.60 Å². The van der Waals surface area contributed by atoms with E-state index in [2.05, 4.69) is 19.2 Å². The molecule has 1 aromatic carbocycles. The number of anilines is 2. The Morgan fingerprint density at radius 1 is 1.29 bits per heavy atom. The Labute approximate surface area is 126 Å². The van der Waals surface area contributed by atoms with Crippen LogP contribution in [0.4, 0.5) is 11.4 Å². The number of hydrogen-bond donors (Lipinski definition) is 3. The van der Waals surface area contributed by atoms with Crippen molar-refractivity contribution >= 4 is 17.2 Å². The molecule has 1 aliphatic rings. The second-order valence-electron chi connectivity index (χ2n) is 7.10. The number of nitrogen functional groups attached to an aromatic ring is 1. The van der Waals surface area contributed by atoms with Crippen LogP contribution in [0.25, 0.3) is 0 Å². The SMILES string of the molecule is CC(=O)c1ccc(NCC2(O)CCC(C)(C)CC2)cc1N. The van der Waals surface area contributed by atoms with Gasteiger partial charge in [-0.25, -0.2) is 0 Å². The van der Waals surface area contributed by atoms with Gasteiger partial charge < -0.3 is 16.2 Å². The monoisotopic (exact) mass is 290 g/mol. The van der Waals surface area contributed by atoms with Crippen LogP contribution >= 0.6 is 0 Å². The van der Waals surface area contributed by atoms with E-state index in [1.807, 2.05) is 6.07 Å². The first-order valence-electron chi connectivity index (χ1n) is 7.58. The van der Waals surface area contributed by atoms with Gasteiger partial charge in [0.25, 0.3) is 0 Å². The van der Waals surface area contributed by atoms with Crippen molar-refractivity contribution in [3.8, 4) is 0 Å². The lowest BCUT2D eigenvalue weighted by atomic mass is 9.71. The molecule has 0 aliphatic heterocycles. The van der Waals surface area contributed by atoms with E-state index in [0.29, 0.717) is 23.2 Å². The number of aliphatic hydroxyl groups is 1. The van der Waals surface area contributed by atoms with Crippen molar-refractivity contribution in [2.75, 3.05) is 17.6 Å². The van der Waals surface area contributed by atoms with Crippen molar-refractivity contribution in [1.29, 1.82) is 0 Å². The summed E-state index contributed by atoms with van der Waals surface area (Å²) in [5, 5.41) is 13.9. The van der Waals surface area contributed by atoms with Gasteiger partial charge in [0.1, 0.15) is 0 Å². The molecule has 0 heterocycles. The summed E-state index contributed by atoms with van der Waals surface area (Å²) < 4.78 is 0. The minimum atomic E-state index is -0.649. The van der Waals surface area contributed by atoms with Gasteiger partial charge in [0.2, 0.25) is 0 Å². The molecule has 2 rings (SSSR count). The molecule has 0 aromatic heterocycles. The molecule has 0 bridgehead atoms. The second kappa shape index (κ2) is 5.68. The molecule has 1 fully saturated rings. The van der Waals surface area contributed by atoms with Crippen molar-refractivity contribution < 1.29 is 9.90 Å². The van der Waals surface area contributed by atoms with Crippen LogP contribution in [0, 0.1) is 5.41 Å². The van der Waals surface area contributed by atoms with E-state index in [0.717, 1.165) is 31.4 Å². The summed E-state index contributed by atoms with van der Waals surface area (Å²) in [7, 11) is 0. The summed E-state index contributed by atoms with van der Waals surface area (Å²) in [6, 6.07) is 5.32. The maximum absolute atomic E-state index is 11.4. The van der Waals surface area contributed by atoms with Crippen LogP contribution in [-0.4, -0.2) is 23.0 Å². The fourth-order valence-corrected chi connectivity index (χ4v) is 2.83. The summed E-state index contributed by atoms with van der Waals surface area (Å²) in [6.07, 6.45) is 3.70. The molecular formula is C17H26N2O2. The van der Waals surface area contributed by atoms with Gasteiger partial charge in [0.15, 0.2) is 5.78 Å². The molecule has 0 unspecified atom stereocenters. The van der Waals surface area contributed by atoms with Crippen molar-refractivity contribution in [2.45, 2.75) is 52.1 Å².